The van der Waals surface area contributed by atoms with Crippen molar-refractivity contribution in [2.24, 2.45) is 28.4 Å². The molecule has 0 saturated heterocycles. The van der Waals surface area contributed by atoms with Crippen molar-refractivity contribution in [1.82, 2.24) is 14.8 Å². The van der Waals surface area contributed by atoms with Gasteiger partial charge in [-0.3, -0.25) is 9.59 Å². The maximum atomic E-state index is 13.4. The number of nitrogens with two attached hydrogens (primary N) is 1. The molecule has 3 saturated carbocycles. The quantitative estimate of drug-likeness (QED) is 0.245. The van der Waals surface area contributed by atoms with E-state index in [1.54, 1.807) is 0 Å². The highest BCUT2D eigenvalue weighted by Crippen LogP contribution is 2.65. The van der Waals surface area contributed by atoms with E-state index in [4.69, 9.17) is 5.73 Å². The monoisotopic (exact) mass is 500 g/mol. The summed E-state index contributed by atoms with van der Waals surface area (Å²) in [6.45, 7) is 7.20. The van der Waals surface area contributed by atoms with Crippen molar-refractivity contribution >= 4 is 22.1 Å². The Hall–Kier alpha value is -1.23. The Morgan fingerprint density at radius 3 is 2.24 bits per heavy atom. The molecule has 3 fully saturated rings. The van der Waals surface area contributed by atoms with E-state index in [-0.39, 0.29) is 35.1 Å². The van der Waals surface area contributed by atoms with Gasteiger partial charge in [0, 0.05) is 6.04 Å². The summed E-state index contributed by atoms with van der Waals surface area (Å²) in [4.78, 5) is 25.0. The van der Waals surface area contributed by atoms with Gasteiger partial charge in [0.1, 0.15) is 12.1 Å². The molecule has 3 aliphatic carbocycles. The van der Waals surface area contributed by atoms with E-state index in [0.29, 0.717) is 31.7 Å². The molecule has 3 aliphatic rings. The number of unbranched alkanes of at least 4 members (excludes halogenated alkanes) is 1. The van der Waals surface area contributed by atoms with Gasteiger partial charge in [-0.15, -0.1) is 0 Å². The van der Waals surface area contributed by atoms with Crippen molar-refractivity contribution in [2.75, 3.05) is 6.54 Å². The van der Waals surface area contributed by atoms with E-state index in [1.165, 1.54) is 6.42 Å². The largest absolute Gasteiger partial charge is 0.480 e. The van der Waals surface area contributed by atoms with Crippen LogP contribution in [0.3, 0.4) is 0 Å². The number of fused-ring (bicyclic) bond motifs is 2. The third-order valence-corrected chi connectivity index (χ3v) is 10.5. The Morgan fingerprint density at radius 1 is 1.06 bits per heavy atom. The summed E-state index contributed by atoms with van der Waals surface area (Å²) in [7, 11) is -4.20. The number of hydrogen-bond donors (Lipinski definition) is 5. The lowest BCUT2D eigenvalue weighted by Gasteiger charge is -2.40. The van der Waals surface area contributed by atoms with E-state index in [2.05, 4.69) is 35.5 Å². The number of nitrogens with one attached hydrogen (secondary N) is 3. The second kappa shape index (κ2) is 10.8. The van der Waals surface area contributed by atoms with Crippen LogP contribution in [0.5, 0.6) is 0 Å². The lowest BCUT2D eigenvalue weighted by Crippen LogP contribution is -2.57. The summed E-state index contributed by atoms with van der Waals surface area (Å²) in [6, 6.07) is -2.17. The number of hydrogen-bond acceptors (Lipinski definition) is 5. The molecule has 0 aromatic carbocycles. The third kappa shape index (κ3) is 5.94. The minimum Gasteiger partial charge on any atom is -0.480 e. The molecule has 9 nitrogen and oxygen atoms in total. The molecule has 3 rings (SSSR count). The lowest BCUT2D eigenvalue weighted by atomic mass is 9.69. The first-order chi connectivity index (χ1) is 15.9. The first-order valence-electron chi connectivity index (χ1n) is 12.9. The van der Waals surface area contributed by atoms with Crippen molar-refractivity contribution in [2.45, 2.75) is 110 Å². The van der Waals surface area contributed by atoms with Crippen LogP contribution in [0.1, 0.15) is 91.4 Å². The van der Waals surface area contributed by atoms with Gasteiger partial charge in [0.25, 0.3) is 10.2 Å². The number of carboxylic acid groups (broad SMARTS) is 1. The minimum absolute atomic E-state index is 0.0141. The van der Waals surface area contributed by atoms with Gasteiger partial charge in [-0.1, -0.05) is 52.9 Å². The van der Waals surface area contributed by atoms with Gasteiger partial charge in [0.15, 0.2) is 0 Å². The molecule has 6 N–H and O–H groups in total. The van der Waals surface area contributed by atoms with Crippen LogP contribution in [-0.4, -0.2) is 50.1 Å². The predicted molar refractivity (Wildman–Crippen MR) is 131 cm³/mol. The highest BCUT2D eigenvalue weighted by atomic mass is 32.2. The number of aliphatic carboxylic acids is 1. The van der Waals surface area contributed by atoms with Crippen molar-refractivity contribution in [3.8, 4) is 0 Å². The summed E-state index contributed by atoms with van der Waals surface area (Å²) in [5, 5.41) is 12.7. The van der Waals surface area contributed by atoms with E-state index < -0.39 is 28.3 Å². The van der Waals surface area contributed by atoms with Crippen LogP contribution < -0.4 is 20.5 Å². The zero-order valence-corrected chi connectivity index (χ0v) is 21.8. The summed E-state index contributed by atoms with van der Waals surface area (Å²) in [5.74, 6) is -0.706. The zero-order valence-electron chi connectivity index (χ0n) is 20.9. The Balaban J connectivity index is 1.70. The number of amides is 1. The first-order valence-corrected chi connectivity index (χ1v) is 14.4. The van der Waals surface area contributed by atoms with E-state index in [9.17, 15) is 23.1 Å². The molecule has 0 unspecified atom stereocenters. The Labute approximate surface area is 204 Å². The van der Waals surface area contributed by atoms with Crippen LogP contribution in [0.25, 0.3) is 0 Å². The number of carbonyl (C=O) groups excluding carboxylic acids is 1. The van der Waals surface area contributed by atoms with Crippen LogP contribution in [0.15, 0.2) is 0 Å². The van der Waals surface area contributed by atoms with Crippen molar-refractivity contribution < 1.29 is 23.1 Å². The van der Waals surface area contributed by atoms with Crippen LogP contribution in [0.2, 0.25) is 0 Å². The molecule has 196 valence electrons. The molecule has 1 amide bonds. The highest BCUT2D eigenvalue weighted by molar-refractivity contribution is 7.87. The number of carbonyl (C=O) groups is 2. The van der Waals surface area contributed by atoms with Gasteiger partial charge in [0.2, 0.25) is 5.91 Å². The van der Waals surface area contributed by atoms with Crippen molar-refractivity contribution in [3.63, 3.8) is 0 Å². The van der Waals surface area contributed by atoms with Crippen LogP contribution >= 0.6 is 0 Å². The van der Waals surface area contributed by atoms with Crippen LogP contribution in [0, 0.1) is 22.7 Å². The predicted octanol–water partition coefficient (Wildman–Crippen LogP) is 2.27. The van der Waals surface area contributed by atoms with E-state index in [0.717, 1.165) is 38.5 Å². The molecule has 0 aromatic heterocycles. The average Bonchev–Trinajstić information content (AvgIpc) is 3.38. The fourth-order valence-electron chi connectivity index (χ4n) is 6.62. The molecule has 2 bridgehead atoms. The molecule has 0 aromatic rings. The number of carboxylic acids is 1. The Kier molecular flexibility index (Phi) is 8.69. The fraction of sp³-hybridized carbons (Fsp3) is 0.917. The average molecular weight is 501 g/mol. The van der Waals surface area contributed by atoms with Gasteiger partial charge >= 0.3 is 5.97 Å². The van der Waals surface area contributed by atoms with Crippen LogP contribution in [-0.2, 0) is 19.8 Å². The second-order valence-corrected chi connectivity index (χ2v) is 13.0. The third-order valence-electron chi connectivity index (χ3n) is 9.31. The molecule has 0 radical (unpaired) electrons. The highest BCUT2D eigenvalue weighted by Gasteiger charge is 2.61. The molecular weight excluding hydrogens is 456 g/mol. The first kappa shape index (κ1) is 27.4. The molecule has 34 heavy (non-hydrogen) atoms. The second-order valence-electron chi connectivity index (χ2n) is 11.5. The number of rotatable bonds is 13. The maximum Gasteiger partial charge on any atom is 0.321 e. The van der Waals surface area contributed by atoms with Gasteiger partial charge < -0.3 is 16.2 Å². The lowest BCUT2D eigenvalue weighted by molar-refractivity contribution is -0.139. The fourth-order valence-corrected chi connectivity index (χ4v) is 7.86. The van der Waals surface area contributed by atoms with Crippen molar-refractivity contribution in [3.05, 3.63) is 0 Å². The Bertz CT molecular complexity index is 842. The van der Waals surface area contributed by atoms with E-state index in [1.807, 2.05) is 0 Å². The topological polar surface area (TPSA) is 151 Å². The van der Waals surface area contributed by atoms with Crippen LogP contribution in [0.4, 0.5) is 0 Å². The zero-order chi connectivity index (χ0) is 25.1. The normalized spacial score (nSPS) is 30.4. The van der Waals surface area contributed by atoms with E-state index >= 15 is 0 Å². The standard InChI is InChI=1S/C24H44N4O5S/c1-23(2)17-11-12-24(23,3)20(15-17)26-21(29)19(14-16-8-4-5-9-16)28-34(32,33)27-18(22(30)31)10-6-7-13-25/h16-20,27-28H,4-15,25H2,1-3H3,(H,26,29)(H,30,31)/t17-,18+,19+,20+,24+/m1/s1. The van der Waals surface area contributed by atoms with Gasteiger partial charge in [-0.2, -0.15) is 17.9 Å². The molecular formula is C24H44N4O5S. The summed E-state index contributed by atoms with van der Waals surface area (Å²) < 4.78 is 30.6. The van der Waals surface area contributed by atoms with Crippen molar-refractivity contribution in [1.29, 1.82) is 0 Å². The molecule has 5 atom stereocenters. The Morgan fingerprint density at radius 2 is 1.71 bits per heavy atom. The SMILES string of the molecule is CC1(C)[C@@H]2CC[C@@]1(C)[C@@H](NC(=O)[C@H](CC1CCCC1)NS(=O)(=O)N[C@@H](CCCCN)C(=O)O)C2. The molecule has 10 heteroatoms. The summed E-state index contributed by atoms with van der Waals surface area (Å²) in [6.07, 6.45) is 8.94. The van der Waals surface area contributed by atoms with Gasteiger partial charge in [-0.05, 0) is 67.7 Å². The van der Waals surface area contributed by atoms with Gasteiger partial charge in [-0.25, -0.2) is 0 Å². The minimum atomic E-state index is -4.20. The smallest absolute Gasteiger partial charge is 0.321 e. The molecule has 0 spiro atoms. The molecule has 0 aliphatic heterocycles. The van der Waals surface area contributed by atoms with Gasteiger partial charge in [0.05, 0.1) is 0 Å². The summed E-state index contributed by atoms with van der Waals surface area (Å²) in [5.41, 5.74) is 5.58. The maximum absolute atomic E-state index is 13.4. The summed E-state index contributed by atoms with van der Waals surface area (Å²) >= 11 is 0. The molecule has 0 heterocycles.